The highest BCUT2D eigenvalue weighted by molar-refractivity contribution is 14.1. The SMILES string of the molecule is CCN(CC)CCN(Cc1ccc(-c2ccc(C(F)(F)F)cc2)cc1)C(=O)Cn1c(CCc2cccc(CI)c2)cc(=O)c2ccccc21. The molecular formula is C40H41F3IN3O2. The number of pyridine rings is 1. The van der Waals surface area contributed by atoms with Gasteiger partial charge in [-0.25, -0.2) is 0 Å². The van der Waals surface area contributed by atoms with Crippen molar-refractivity contribution in [1.29, 1.82) is 0 Å². The number of hydrogen-bond donors (Lipinski definition) is 0. The summed E-state index contributed by atoms with van der Waals surface area (Å²) in [5.41, 5.74) is 5.67. The maximum atomic E-state index is 14.3. The molecule has 0 aliphatic heterocycles. The molecule has 0 saturated heterocycles. The van der Waals surface area contributed by atoms with Crippen LogP contribution < -0.4 is 5.43 Å². The molecule has 0 saturated carbocycles. The van der Waals surface area contributed by atoms with Crippen LogP contribution in [0.3, 0.4) is 0 Å². The molecule has 0 bridgehead atoms. The number of likely N-dealkylation sites (N-methyl/N-ethyl adjacent to an activating group) is 1. The van der Waals surface area contributed by atoms with Gasteiger partial charge in [0.2, 0.25) is 5.91 Å². The molecule has 0 aliphatic carbocycles. The minimum Gasteiger partial charge on any atom is -0.336 e. The van der Waals surface area contributed by atoms with Gasteiger partial charge in [0.25, 0.3) is 0 Å². The summed E-state index contributed by atoms with van der Waals surface area (Å²) in [6.07, 6.45) is -3.03. The molecule has 1 aromatic heterocycles. The predicted molar refractivity (Wildman–Crippen MR) is 200 cm³/mol. The normalized spacial score (nSPS) is 11.7. The second-order valence-electron chi connectivity index (χ2n) is 12.2. The van der Waals surface area contributed by atoms with Crippen molar-refractivity contribution in [3.05, 3.63) is 141 Å². The molecule has 0 N–H and O–H groups in total. The van der Waals surface area contributed by atoms with E-state index in [1.807, 2.05) is 58.0 Å². The summed E-state index contributed by atoms with van der Waals surface area (Å²) in [7, 11) is 0. The van der Waals surface area contributed by atoms with Crippen molar-refractivity contribution in [1.82, 2.24) is 14.4 Å². The van der Waals surface area contributed by atoms with Crippen molar-refractivity contribution in [2.75, 3.05) is 26.2 Å². The number of alkyl halides is 4. The van der Waals surface area contributed by atoms with E-state index in [1.165, 1.54) is 23.3 Å². The lowest BCUT2D eigenvalue weighted by Crippen LogP contribution is -2.40. The first-order valence-electron chi connectivity index (χ1n) is 16.6. The van der Waals surface area contributed by atoms with Crippen LogP contribution in [0, 0.1) is 0 Å². The fourth-order valence-corrected chi connectivity index (χ4v) is 6.59. The van der Waals surface area contributed by atoms with E-state index in [4.69, 9.17) is 0 Å². The van der Waals surface area contributed by atoms with E-state index in [0.29, 0.717) is 37.0 Å². The highest BCUT2D eigenvalue weighted by atomic mass is 127. The summed E-state index contributed by atoms with van der Waals surface area (Å²) in [5.74, 6) is -0.0547. The van der Waals surface area contributed by atoms with Gasteiger partial charge in [-0.1, -0.05) is 109 Å². The number of fused-ring (bicyclic) bond motifs is 1. The lowest BCUT2D eigenvalue weighted by Gasteiger charge is -2.28. The topological polar surface area (TPSA) is 45.5 Å². The minimum absolute atomic E-state index is 0.0539. The smallest absolute Gasteiger partial charge is 0.336 e. The van der Waals surface area contributed by atoms with Crippen molar-refractivity contribution in [2.24, 2.45) is 0 Å². The summed E-state index contributed by atoms with van der Waals surface area (Å²) < 4.78 is 42.1. The molecule has 49 heavy (non-hydrogen) atoms. The molecule has 5 aromatic rings. The number of para-hydroxylation sites is 1. The van der Waals surface area contributed by atoms with Crippen LogP contribution in [0.25, 0.3) is 22.0 Å². The van der Waals surface area contributed by atoms with Crippen LogP contribution in [0.15, 0.2) is 108 Å². The molecule has 0 aliphatic rings. The Kier molecular flexibility index (Phi) is 12.3. The van der Waals surface area contributed by atoms with Crippen LogP contribution in [0.5, 0.6) is 0 Å². The molecule has 256 valence electrons. The van der Waals surface area contributed by atoms with E-state index in [2.05, 4.69) is 65.6 Å². The van der Waals surface area contributed by atoms with Crippen molar-refractivity contribution in [3.8, 4) is 11.1 Å². The summed E-state index contributed by atoms with van der Waals surface area (Å²) in [4.78, 5) is 31.6. The number of carbonyl (C=O) groups is 1. The minimum atomic E-state index is -4.38. The van der Waals surface area contributed by atoms with Crippen LogP contribution in [0.4, 0.5) is 13.2 Å². The molecule has 0 spiro atoms. The number of nitrogens with zero attached hydrogens (tertiary/aromatic N) is 3. The van der Waals surface area contributed by atoms with E-state index in [1.54, 1.807) is 6.07 Å². The highest BCUT2D eigenvalue weighted by Gasteiger charge is 2.30. The Morgan fingerprint density at radius 1 is 0.755 bits per heavy atom. The van der Waals surface area contributed by atoms with E-state index >= 15 is 0 Å². The first-order valence-corrected chi connectivity index (χ1v) is 18.1. The van der Waals surface area contributed by atoms with Gasteiger partial charge < -0.3 is 14.4 Å². The number of benzene rings is 4. The molecule has 5 rings (SSSR count). The highest BCUT2D eigenvalue weighted by Crippen LogP contribution is 2.31. The first-order chi connectivity index (χ1) is 23.6. The zero-order valence-electron chi connectivity index (χ0n) is 27.8. The zero-order chi connectivity index (χ0) is 35.0. The largest absolute Gasteiger partial charge is 0.416 e. The average Bonchev–Trinajstić information content (AvgIpc) is 3.12. The number of halogens is 4. The fourth-order valence-electron chi connectivity index (χ4n) is 6.12. The Morgan fingerprint density at radius 2 is 1.41 bits per heavy atom. The monoisotopic (exact) mass is 779 g/mol. The van der Waals surface area contributed by atoms with Crippen molar-refractivity contribution in [2.45, 2.75) is 50.4 Å². The number of carbonyl (C=O) groups excluding carboxylic acids is 1. The third-order valence-corrected chi connectivity index (χ3v) is 9.90. The molecular weight excluding hydrogens is 738 g/mol. The van der Waals surface area contributed by atoms with Crippen LogP contribution >= 0.6 is 22.6 Å². The Hall–Kier alpha value is -3.96. The average molecular weight is 780 g/mol. The van der Waals surface area contributed by atoms with Gasteiger partial charge in [0.1, 0.15) is 6.54 Å². The van der Waals surface area contributed by atoms with Gasteiger partial charge in [0.15, 0.2) is 5.43 Å². The zero-order valence-corrected chi connectivity index (χ0v) is 30.0. The molecule has 0 atom stereocenters. The van der Waals surface area contributed by atoms with Gasteiger partial charge in [0.05, 0.1) is 11.1 Å². The molecule has 0 fully saturated rings. The second kappa shape index (κ2) is 16.6. The third kappa shape index (κ3) is 9.39. The number of rotatable bonds is 14. The first kappa shape index (κ1) is 36.3. The van der Waals surface area contributed by atoms with Gasteiger partial charge in [0, 0.05) is 41.2 Å². The van der Waals surface area contributed by atoms with Gasteiger partial charge in [-0.15, -0.1) is 0 Å². The summed E-state index contributed by atoms with van der Waals surface area (Å²) >= 11 is 2.35. The number of aryl methyl sites for hydroxylation is 2. The molecule has 5 nitrogen and oxygen atoms in total. The number of hydrogen-bond acceptors (Lipinski definition) is 3. The Balaban J connectivity index is 1.41. The van der Waals surface area contributed by atoms with Crippen molar-refractivity contribution < 1.29 is 18.0 Å². The van der Waals surface area contributed by atoms with Gasteiger partial charge in [-0.05, 0) is 78.0 Å². The van der Waals surface area contributed by atoms with E-state index < -0.39 is 11.7 Å². The molecule has 9 heteroatoms. The standard InChI is InChI=1S/C40H41F3IN3O2/c1-3-45(4-2)22-23-46(27-30-12-15-32(16-13-30)33-17-19-34(20-18-33)40(41,42)43)39(49)28-47-35(21-14-29-8-7-9-31(24-29)26-44)25-38(48)36-10-5-6-11-37(36)47/h5-13,15-20,24-25H,3-4,14,21-23,26-28H2,1-2H3. The quantitative estimate of drug-likeness (QED) is 0.0837. The van der Waals surface area contributed by atoms with Crippen LogP contribution in [0.2, 0.25) is 0 Å². The Labute approximate surface area is 299 Å². The maximum Gasteiger partial charge on any atom is 0.416 e. The van der Waals surface area contributed by atoms with Crippen LogP contribution in [-0.2, 0) is 41.3 Å². The van der Waals surface area contributed by atoms with E-state index in [0.717, 1.165) is 58.4 Å². The van der Waals surface area contributed by atoms with E-state index in [9.17, 15) is 22.8 Å². The second-order valence-corrected chi connectivity index (χ2v) is 12.9. The summed E-state index contributed by atoms with van der Waals surface area (Å²) in [5, 5.41) is 0.583. The Morgan fingerprint density at radius 3 is 2.06 bits per heavy atom. The molecule has 4 aromatic carbocycles. The lowest BCUT2D eigenvalue weighted by atomic mass is 10.0. The maximum absolute atomic E-state index is 14.3. The summed E-state index contributed by atoms with van der Waals surface area (Å²) in [6, 6.07) is 30.3. The van der Waals surface area contributed by atoms with Gasteiger partial charge >= 0.3 is 6.18 Å². The van der Waals surface area contributed by atoms with Crippen molar-refractivity contribution >= 4 is 39.4 Å². The molecule has 0 radical (unpaired) electrons. The molecule has 1 heterocycles. The van der Waals surface area contributed by atoms with Crippen LogP contribution in [-0.4, -0.2) is 46.5 Å². The number of amides is 1. The molecule has 1 amide bonds. The Bertz CT molecular complexity index is 1920. The third-order valence-electron chi connectivity index (χ3n) is 9.02. The van der Waals surface area contributed by atoms with Crippen LogP contribution in [0.1, 0.15) is 41.8 Å². The number of aromatic nitrogens is 1. The predicted octanol–water partition coefficient (Wildman–Crippen LogP) is 8.78. The van der Waals surface area contributed by atoms with Crippen molar-refractivity contribution in [3.63, 3.8) is 0 Å². The fraction of sp³-hybridized carbons (Fsp3) is 0.300. The summed E-state index contributed by atoms with van der Waals surface area (Å²) in [6.45, 7) is 7.65. The molecule has 0 unspecified atom stereocenters. The van der Waals surface area contributed by atoms with Gasteiger partial charge in [-0.3, -0.25) is 9.59 Å². The van der Waals surface area contributed by atoms with Gasteiger partial charge in [-0.2, -0.15) is 13.2 Å². The lowest BCUT2D eigenvalue weighted by molar-refractivity contribution is -0.137. The van der Waals surface area contributed by atoms with E-state index in [-0.39, 0.29) is 17.9 Å².